The highest BCUT2D eigenvalue weighted by Gasteiger charge is 2.23. The second-order valence-corrected chi connectivity index (χ2v) is 3.92. The molecule has 0 radical (unpaired) electrons. The number of benzene rings is 1. The third-order valence-electron chi connectivity index (χ3n) is 2.73. The molecule has 1 atom stereocenters. The molecule has 0 spiro atoms. The topological polar surface area (TPSA) is 35.5 Å². The minimum atomic E-state index is -0.697. The van der Waals surface area contributed by atoms with Crippen molar-refractivity contribution in [2.24, 2.45) is 0 Å². The maximum Gasteiger partial charge on any atom is 0.510 e. The summed E-state index contributed by atoms with van der Waals surface area (Å²) in [5.74, 6) is 0. The molecule has 86 valence electrons. The van der Waals surface area contributed by atoms with Gasteiger partial charge in [-0.15, -0.1) is 0 Å². The van der Waals surface area contributed by atoms with E-state index in [1.165, 1.54) is 5.56 Å². The zero-order chi connectivity index (χ0) is 11.4. The number of hydrogen-bond acceptors (Lipinski definition) is 3. The average molecular weight is 241 g/mol. The van der Waals surface area contributed by atoms with Crippen LogP contribution >= 0.6 is 11.6 Å². The number of halogens is 1. The molecule has 2 rings (SSSR count). The van der Waals surface area contributed by atoms with E-state index >= 15 is 0 Å². The van der Waals surface area contributed by atoms with Crippen LogP contribution in [-0.2, 0) is 15.9 Å². The molecule has 4 heteroatoms. The van der Waals surface area contributed by atoms with Gasteiger partial charge in [0.2, 0.25) is 0 Å². The number of ether oxygens (including phenoxy) is 2. The largest absolute Gasteiger partial charge is 0.510 e. The molecule has 0 amide bonds. The van der Waals surface area contributed by atoms with Gasteiger partial charge in [0.25, 0.3) is 0 Å². The minimum absolute atomic E-state index is 0.173. The molecule has 1 aliphatic rings. The summed E-state index contributed by atoms with van der Waals surface area (Å²) >= 11 is 5.29. The lowest BCUT2D eigenvalue weighted by molar-refractivity contribution is 0.0262. The molecule has 16 heavy (non-hydrogen) atoms. The predicted octanol–water partition coefficient (Wildman–Crippen LogP) is 3.41. The molecule has 0 fully saturated rings. The van der Waals surface area contributed by atoms with E-state index in [1.807, 2.05) is 18.2 Å². The van der Waals surface area contributed by atoms with Gasteiger partial charge in [0, 0.05) is 0 Å². The van der Waals surface area contributed by atoms with Crippen molar-refractivity contribution in [3.63, 3.8) is 0 Å². The number of alkyl halides is 1. The minimum Gasteiger partial charge on any atom is -0.426 e. The lowest BCUT2D eigenvalue weighted by Gasteiger charge is -2.24. The second kappa shape index (κ2) is 5.21. The SMILES string of the molecule is O=C(OCCl)O[C@@H]1CCCc2ccccc21. The molecular formula is C12H13ClO3. The van der Waals surface area contributed by atoms with Crippen molar-refractivity contribution in [2.75, 3.05) is 6.07 Å². The summed E-state index contributed by atoms with van der Waals surface area (Å²) < 4.78 is 9.78. The number of fused-ring (bicyclic) bond motifs is 1. The smallest absolute Gasteiger partial charge is 0.426 e. The van der Waals surface area contributed by atoms with Gasteiger partial charge in [0.1, 0.15) is 6.10 Å². The zero-order valence-corrected chi connectivity index (χ0v) is 9.57. The van der Waals surface area contributed by atoms with E-state index in [0.717, 1.165) is 24.8 Å². The fourth-order valence-corrected chi connectivity index (χ4v) is 2.12. The van der Waals surface area contributed by atoms with Crippen molar-refractivity contribution in [2.45, 2.75) is 25.4 Å². The molecule has 0 N–H and O–H groups in total. The molecule has 0 aliphatic heterocycles. The van der Waals surface area contributed by atoms with Crippen molar-refractivity contribution in [1.82, 2.24) is 0 Å². The Morgan fingerprint density at radius 1 is 1.44 bits per heavy atom. The van der Waals surface area contributed by atoms with Gasteiger partial charge in [-0.05, 0) is 30.4 Å². The Balaban J connectivity index is 2.10. The van der Waals surface area contributed by atoms with Crippen LogP contribution in [0.5, 0.6) is 0 Å². The predicted molar refractivity (Wildman–Crippen MR) is 60.4 cm³/mol. The Kier molecular flexibility index (Phi) is 3.67. The van der Waals surface area contributed by atoms with E-state index in [0.29, 0.717) is 0 Å². The van der Waals surface area contributed by atoms with Crippen molar-refractivity contribution >= 4 is 17.8 Å². The summed E-state index contributed by atoms with van der Waals surface area (Å²) in [6.07, 6.45) is 2.02. The molecule has 0 heterocycles. The maximum absolute atomic E-state index is 11.2. The van der Waals surface area contributed by atoms with E-state index in [2.05, 4.69) is 10.8 Å². The Morgan fingerprint density at radius 2 is 2.25 bits per heavy atom. The normalized spacial score (nSPS) is 18.7. The van der Waals surface area contributed by atoms with Gasteiger partial charge in [-0.2, -0.15) is 0 Å². The van der Waals surface area contributed by atoms with Gasteiger partial charge in [-0.1, -0.05) is 35.9 Å². The molecule has 1 aliphatic carbocycles. The first-order valence-corrected chi connectivity index (χ1v) is 5.82. The fraction of sp³-hybridized carbons (Fsp3) is 0.417. The molecule has 0 bridgehead atoms. The summed E-state index contributed by atoms with van der Waals surface area (Å²) in [4.78, 5) is 11.2. The van der Waals surface area contributed by atoms with Crippen LogP contribution in [0.15, 0.2) is 24.3 Å². The van der Waals surface area contributed by atoms with Crippen LogP contribution in [0.2, 0.25) is 0 Å². The molecular weight excluding hydrogens is 228 g/mol. The second-order valence-electron chi connectivity index (χ2n) is 3.70. The molecule has 0 aromatic heterocycles. The van der Waals surface area contributed by atoms with Gasteiger partial charge in [0.05, 0.1) is 0 Å². The third kappa shape index (κ3) is 2.47. The maximum atomic E-state index is 11.2. The van der Waals surface area contributed by atoms with E-state index in [1.54, 1.807) is 0 Å². The first-order chi connectivity index (χ1) is 7.81. The molecule has 1 aromatic carbocycles. The van der Waals surface area contributed by atoms with Gasteiger partial charge in [-0.3, -0.25) is 0 Å². The van der Waals surface area contributed by atoms with Gasteiger partial charge in [-0.25, -0.2) is 4.79 Å². The van der Waals surface area contributed by atoms with E-state index in [9.17, 15) is 4.79 Å². The van der Waals surface area contributed by atoms with Crippen LogP contribution in [-0.4, -0.2) is 12.2 Å². The highest BCUT2D eigenvalue weighted by molar-refractivity contribution is 6.17. The molecule has 0 unspecified atom stereocenters. The van der Waals surface area contributed by atoms with Gasteiger partial charge < -0.3 is 9.47 Å². The number of carbonyl (C=O) groups is 1. The van der Waals surface area contributed by atoms with E-state index < -0.39 is 6.16 Å². The van der Waals surface area contributed by atoms with Gasteiger partial charge >= 0.3 is 6.16 Å². The van der Waals surface area contributed by atoms with Crippen LogP contribution in [0.3, 0.4) is 0 Å². The first kappa shape index (κ1) is 11.3. The molecule has 1 aromatic rings. The molecule has 3 nitrogen and oxygen atoms in total. The van der Waals surface area contributed by atoms with Crippen LogP contribution in [0.25, 0.3) is 0 Å². The number of aryl methyl sites for hydroxylation is 1. The lowest BCUT2D eigenvalue weighted by Crippen LogP contribution is -2.17. The average Bonchev–Trinajstić information content (AvgIpc) is 2.30. The highest BCUT2D eigenvalue weighted by atomic mass is 35.5. The van der Waals surface area contributed by atoms with Crippen molar-refractivity contribution in [3.8, 4) is 0 Å². The first-order valence-electron chi connectivity index (χ1n) is 5.28. The zero-order valence-electron chi connectivity index (χ0n) is 8.82. The van der Waals surface area contributed by atoms with Gasteiger partial charge in [0.15, 0.2) is 6.07 Å². The van der Waals surface area contributed by atoms with Crippen molar-refractivity contribution in [3.05, 3.63) is 35.4 Å². The van der Waals surface area contributed by atoms with Crippen LogP contribution in [0.1, 0.15) is 30.1 Å². The quantitative estimate of drug-likeness (QED) is 0.587. The van der Waals surface area contributed by atoms with E-state index in [-0.39, 0.29) is 12.2 Å². The van der Waals surface area contributed by atoms with E-state index in [4.69, 9.17) is 16.3 Å². The summed E-state index contributed by atoms with van der Waals surface area (Å²) in [7, 11) is 0. The van der Waals surface area contributed by atoms with Crippen molar-refractivity contribution < 1.29 is 14.3 Å². The highest BCUT2D eigenvalue weighted by Crippen LogP contribution is 2.32. The summed E-state index contributed by atoms with van der Waals surface area (Å²) in [6.45, 7) is 0. The van der Waals surface area contributed by atoms with Crippen molar-refractivity contribution in [1.29, 1.82) is 0 Å². The van der Waals surface area contributed by atoms with Crippen LogP contribution in [0, 0.1) is 0 Å². The Labute approximate surface area is 99.3 Å². The fourth-order valence-electron chi connectivity index (χ4n) is 2.03. The number of carbonyl (C=O) groups excluding carboxylic acids is 1. The standard InChI is InChI=1S/C12H13ClO3/c13-8-15-12(14)16-11-7-3-5-9-4-1-2-6-10(9)11/h1-2,4,6,11H,3,5,7-8H2/t11-/m1/s1. The number of rotatable bonds is 2. The molecule has 0 saturated carbocycles. The lowest BCUT2D eigenvalue weighted by atomic mass is 9.89. The summed E-state index contributed by atoms with van der Waals surface area (Å²) in [6, 6.07) is 7.84. The number of hydrogen-bond donors (Lipinski definition) is 0. The summed E-state index contributed by atoms with van der Waals surface area (Å²) in [5.41, 5.74) is 2.33. The Hall–Kier alpha value is -1.22. The third-order valence-corrected chi connectivity index (χ3v) is 2.83. The summed E-state index contributed by atoms with van der Waals surface area (Å²) in [5, 5.41) is 0. The Morgan fingerprint density at radius 3 is 3.06 bits per heavy atom. The molecule has 0 saturated heterocycles. The van der Waals surface area contributed by atoms with Crippen LogP contribution in [0.4, 0.5) is 4.79 Å². The monoisotopic (exact) mass is 240 g/mol. The van der Waals surface area contributed by atoms with Crippen LogP contribution < -0.4 is 0 Å². The Bertz CT molecular complexity index is 378.